The van der Waals surface area contributed by atoms with Gasteiger partial charge in [0.05, 0.1) is 22.8 Å². The predicted molar refractivity (Wildman–Crippen MR) is 68.9 cm³/mol. The van der Waals surface area contributed by atoms with Crippen LogP contribution in [0.5, 0.6) is 0 Å². The Balaban J connectivity index is 2.14. The number of aromatic nitrogens is 2. The van der Waals surface area contributed by atoms with E-state index in [4.69, 9.17) is 0 Å². The van der Waals surface area contributed by atoms with Crippen LogP contribution in [-0.4, -0.2) is 27.2 Å². The molecule has 0 aliphatic carbocycles. The average molecular weight is 231 g/mol. The van der Waals surface area contributed by atoms with Crippen LogP contribution in [0.1, 0.15) is 20.3 Å². The van der Waals surface area contributed by atoms with E-state index in [0.29, 0.717) is 18.8 Å². The molecule has 2 rings (SSSR count). The molecule has 0 saturated carbocycles. The minimum absolute atomic E-state index is 0.469. The third kappa shape index (κ3) is 2.91. The molecule has 0 aliphatic heterocycles. The SMILES string of the molecule is CCC(C)(O)CNc1cnc2ccccc2n1. The molecule has 2 aromatic rings. The van der Waals surface area contributed by atoms with Crippen molar-refractivity contribution in [2.24, 2.45) is 0 Å². The predicted octanol–water partition coefficient (Wildman–Crippen LogP) is 2.20. The van der Waals surface area contributed by atoms with Crippen LogP contribution in [0.4, 0.5) is 5.82 Å². The van der Waals surface area contributed by atoms with E-state index >= 15 is 0 Å². The maximum absolute atomic E-state index is 9.89. The summed E-state index contributed by atoms with van der Waals surface area (Å²) < 4.78 is 0. The molecular formula is C13H17N3O. The second kappa shape index (κ2) is 4.67. The molecule has 1 aromatic heterocycles. The number of hydrogen-bond donors (Lipinski definition) is 2. The van der Waals surface area contributed by atoms with Crippen molar-refractivity contribution in [3.8, 4) is 0 Å². The monoisotopic (exact) mass is 231 g/mol. The first-order valence-corrected chi connectivity index (χ1v) is 5.79. The molecule has 4 nitrogen and oxygen atoms in total. The van der Waals surface area contributed by atoms with Gasteiger partial charge in [0.2, 0.25) is 0 Å². The number of nitrogens with one attached hydrogen (secondary N) is 1. The van der Waals surface area contributed by atoms with Gasteiger partial charge in [0.15, 0.2) is 0 Å². The van der Waals surface area contributed by atoms with Gasteiger partial charge in [0, 0.05) is 6.54 Å². The molecule has 90 valence electrons. The van der Waals surface area contributed by atoms with E-state index in [9.17, 15) is 5.11 Å². The van der Waals surface area contributed by atoms with Gasteiger partial charge in [-0.25, -0.2) is 4.98 Å². The summed E-state index contributed by atoms with van der Waals surface area (Å²) in [4.78, 5) is 8.73. The lowest BCUT2D eigenvalue weighted by Crippen LogP contribution is -2.32. The molecule has 0 spiro atoms. The first kappa shape index (κ1) is 11.8. The zero-order valence-electron chi connectivity index (χ0n) is 10.1. The fourth-order valence-electron chi connectivity index (χ4n) is 1.45. The summed E-state index contributed by atoms with van der Waals surface area (Å²) in [6.07, 6.45) is 2.38. The molecule has 0 aliphatic rings. The number of benzene rings is 1. The molecule has 0 bridgehead atoms. The summed E-state index contributed by atoms with van der Waals surface area (Å²) in [6.45, 7) is 4.22. The van der Waals surface area contributed by atoms with E-state index < -0.39 is 5.60 Å². The number of hydrogen-bond acceptors (Lipinski definition) is 4. The Morgan fingerprint density at radius 1 is 1.29 bits per heavy atom. The number of anilines is 1. The van der Waals surface area contributed by atoms with Crippen molar-refractivity contribution >= 4 is 16.9 Å². The molecule has 1 heterocycles. The normalized spacial score (nSPS) is 14.5. The number of nitrogens with zero attached hydrogens (tertiary/aromatic N) is 2. The molecular weight excluding hydrogens is 214 g/mol. The Labute approximate surface area is 101 Å². The van der Waals surface area contributed by atoms with Crippen molar-refractivity contribution in [1.82, 2.24) is 9.97 Å². The van der Waals surface area contributed by atoms with Gasteiger partial charge in [-0.3, -0.25) is 4.98 Å². The van der Waals surface area contributed by atoms with Crippen LogP contribution in [0, 0.1) is 0 Å². The fraction of sp³-hybridized carbons (Fsp3) is 0.385. The standard InChI is InChI=1S/C13H17N3O/c1-3-13(2,17)9-15-12-8-14-10-6-4-5-7-11(10)16-12/h4-8,17H,3,9H2,1-2H3,(H,15,16). The van der Waals surface area contributed by atoms with Crippen LogP contribution in [0.2, 0.25) is 0 Å². The molecule has 17 heavy (non-hydrogen) atoms. The van der Waals surface area contributed by atoms with Crippen LogP contribution in [-0.2, 0) is 0 Å². The van der Waals surface area contributed by atoms with E-state index in [1.807, 2.05) is 31.2 Å². The van der Waals surface area contributed by atoms with Crippen molar-refractivity contribution in [3.63, 3.8) is 0 Å². The summed E-state index contributed by atoms with van der Waals surface area (Å²) in [5, 5.41) is 13.0. The van der Waals surface area contributed by atoms with Gasteiger partial charge >= 0.3 is 0 Å². The third-order valence-corrected chi connectivity index (χ3v) is 2.86. The molecule has 1 aromatic carbocycles. The van der Waals surface area contributed by atoms with Crippen molar-refractivity contribution in [2.45, 2.75) is 25.9 Å². The smallest absolute Gasteiger partial charge is 0.145 e. The highest BCUT2D eigenvalue weighted by Gasteiger charge is 2.17. The molecule has 2 N–H and O–H groups in total. The Morgan fingerprint density at radius 2 is 2.00 bits per heavy atom. The van der Waals surface area contributed by atoms with Crippen molar-refractivity contribution in [1.29, 1.82) is 0 Å². The summed E-state index contributed by atoms with van der Waals surface area (Å²) in [6, 6.07) is 7.72. The maximum atomic E-state index is 9.89. The van der Waals surface area contributed by atoms with E-state index in [1.54, 1.807) is 13.1 Å². The zero-order chi connectivity index (χ0) is 12.3. The molecule has 1 unspecified atom stereocenters. The highest BCUT2D eigenvalue weighted by molar-refractivity contribution is 5.75. The van der Waals surface area contributed by atoms with Gasteiger partial charge in [-0.15, -0.1) is 0 Å². The highest BCUT2D eigenvalue weighted by Crippen LogP contribution is 2.13. The van der Waals surface area contributed by atoms with Crippen LogP contribution < -0.4 is 5.32 Å². The molecule has 0 amide bonds. The van der Waals surface area contributed by atoms with E-state index in [1.165, 1.54) is 0 Å². The number of fused-ring (bicyclic) bond motifs is 1. The van der Waals surface area contributed by atoms with Crippen molar-refractivity contribution < 1.29 is 5.11 Å². The first-order valence-electron chi connectivity index (χ1n) is 5.79. The molecule has 0 radical (unpaired) electrons. The van der Waals surface area contributed by atoms with Crippen LogP contribution in [0.3, 0.4) is 0 Å². The first-order chi connectivity index (χ1) is 8.11. The van der Waals surface area contributed by atoms with Crippen LogP contribution >= 0.6 is 0 Å². The Kier molecular flexibility index (Phi) is 3.24. The molecule has 1 atom stereocenters. The molecule has 0 fully saturated rings. The lowest BCUT2D eigenvalue weighted by Gasteiger charge is -2.21. The Morgan fingerprint density at radius 3 is 2.71 bits per heavy atom. The molecule has 4 heteroatoms. The average Bonchev–Trinajstić information content (AvgIpc) is 2.36. The largest absolute Gasteiger partial charge is 0.388 e. The Bertz CT molecular complexity index is 511. The van der Waals surface area contributed by atoms with Crippen LogP contribution in [0.15, 0.2) is 30.5 Å². The lowest BCUT2D eigenvalue weighted by atomic mass is 10.0. The quantitative estimate of drug-likeness (QED) is 0.847. The fourth-order valence-corrected chi connectivity index (χ4v) is 1.45. The van der Waals surface area contributed by atoms with Crippen LogP contribution in [0.25, 0.3) is 11.0 Å². The highest BCUT2D eigenvalue weighted by atomic mass is 16.3. The van der Waals surface area contributed by atoms with Gasteiger partial charge in [0.25, 0.3) is 0 Å². The van der Waals surface area contributed by atoms with Gasteiger partial charge < -0.3 is 10.4 Å². The summed E-state index contributed by atoms with van der Waals surface area (Å²) in [5.74, 6) is 0.692. The zero-order valence-corrected chi connectivity index (χ0v) is 10.1. The minimum Gasteiger partial charge on any atom is -0.388 e. The second-order valence-electron chi connectivity index (χ2n) is 4.45. The number of aliphatic hydroxyl groups is 1. The van der Waals surface area contributed by atoms with Gasteiger partial charge in [0.1, 0.15) is 5.82 Å². The van der Waals surface area contributed by atoms with Gasteiger partial charge in [-0.2, -0.15) is 0 Å². The number of para-hydroxylation sites is 2. The van der Waals surface area contributed by atoms with Crippen molar-refractivity contribution in [3.05, 3.63) is 30.5 Å². The minimum atomic E-state index is -0.715. The second-order valence-corrected chi connectivity index (χ2v) is 4.45. The summed E-state index contributed by atoms with van der Waals surface area (Å²) >= 11 is 0. The van der Waals surface area contributed by atoms with Gasteiger partial charge in [-0.1, -0.05) is 19.1 Å². The molecule has 0 saturated heterocycles. The van der Waals surface area contributed by atoms with E-state index in [2.05, 4.69) is 15.3 Å². The van der Waals surface area contributed by atoms with Gasteiger partial charge in [-0.05, 0) is 25.5 Å². The number of rotatable bonds is 4. The Hall–Kier alpha value is -1.68. The summed E-state index contributed by atoms with van der Waals surface area (Å²) in [7, 11) is 0. The van der Waals surface area contributed by atoms with E-state index in [0.717, 1.165) is 11.0 Å². The van der Waals surface area contributed by atoms with E-state index in [-0.39, 0.29) is 0 Å². The lowest BCUT2D eigenvalue weighted by molar-refractivity contribution is 0.0696. The van der Waals surface area contributed by atoms with Crippen molar-refractivity contribution in [2.75, 3.05) is 11.9 Å². The maximum Gasteiger partial charge on any atom is 0.145 e. The third-order valence-electron chi connectivity index (χ3n) is 2.86. The summed E-state index contributed by atoms with van der Waals surface area (Å²) in [5.41, 5.74) is 1.02. The topological polar surface area (TPSA) is 58.0 Å².